The van der Waals surface area contributed by atoms with E-state index < -0.39 is 6.09 Å². The van der Waals surface area contributed by atoms with Gasteiger partial charge in [-0.25, -0.2) is 4.79 Å². The summed E-state index contributed by atoms with van der Waals surface area (Å²) in [4.78, 5) is 11.5. The minimum absolute atomic E-state index is 0.164. The summed E-state index contributed by atoms with van der Waals surface area (Å²) in [6, 6.07) is 5.43. The quantitative estimate of drug-likeness (QED) is 0.788. The largest absolute Gasteiger partial charge is 0.447 e. The number of carbonyl (C=O) groups excluding carboxylic acids is 1. The van der Waals surface area contributed by atoms with Crippen molar-refractivity contribution in [3.63, 3.8) is 0 Å². The highest BCUT2D eigenvalue weighted by molar-refractivity contribution is 5.86. The standard InChI is InChI=1S/C14H17NO3/c1-10(2)18-14(17)15-13-9-12(5-4-8-16)7-6-11(13)3/h6-7,9-10,16H,8H2,1-3H3,(H,15,17). The van der Waals surface area contributed by atoms with E-state index in [-0.39, 0.29) is 12.7 Å². The number of amides is 1. The highest BCUT2D eigenvalue weighted by atomic mass is 16.6. The number of hydrogen-bond acceptors (Lipinski definition) is 3. The minimum atomic E-state index is -0.486. The van der Waals surface area contributed by atoms with E-state index in [1.54, 1.807) is 19.9 Å². The second-order valence-corrected chi connectivity index (χ2v) is 4.07. The third-order valence-corrected chi connectivity index (χ3v) is 2.13. The fourth-order valence-corrected chi connectivity index (χ4v) is 1.33. The van der Waals surface area contributed by atoms with E-state index in [4.69, 9.17) is 9.84 Å². The summed E-state index contributed by atoms with van der Waals surface area (Å²) < 4.78 is 5.00. The predicted octanol–water partition coefficient (Wildman–Crippen LogP) is 2.30. The number of nitrogens with one attached hydrogen (secondary N) is 1. The van der Waals surface area contributed by atoms with Crippen molar-refractivity contribution in [1.29, 1.82) is 0 Å². The van der Waals surface area contributed by atoms with Crippen LogP contribution in [0.5, 0.6) is 0 Å². The van der Waals surface area contributed by atoms with Crippen molar-refractivity contribution < 1.29 is 14.6 Å². The SMILES string of the molecule is Cc1ccc(C#CCO)cc1NC(=O)OC(C)C. The number of aryl methyl sites for hydroxylation is 1. The van der Waals surface area contributed by atoms with E-state index >= 15 is 0 Å². The Labute approximate surface area is 107 Å². The molecule has 0 aliphatic rings. The summed E-state index contributed by atoms with van der Waals surface area (Å²) in [5, 5.41) is 11.3. The molecule has 0 spiro atoms. The first-order valence-corrected chi connectivity index (χ1v) is 5.71. The van der Waals surface area contributed by atoms with Gasteiger partial charge < -0.3 is 9.84 Å². The van der Waals surface area contributed by atoms with Gasteiger partial charge in [-0.05, 0) is 38.5 Å². The maximum Gasteiger partial charge on any atom is 0.411 e. The van der Waals surface area contributed by atoms with Gasteiger partial charge in [0.05, 0.1) is 6.10 Å². The molecule has 0 bridgehead atoms. The van der Waals surface area contributed by atoms with Crippen LogP contribution in [0.25, 0.3) is 0 Å². The molecule has 0 fully saturated rings. The van der Waals surface area contributed by atoms with Gasteiger partial charge in [0.25, 0.3) is 0 Å². The number of carbonyl (C=O) groups is 1. The van der Waals surface area contributed by atoms with Gasteiger partial charge in [0, 0.05) is 11.3 Å². The molecule has 0 radical (unpaired) electrons. The Hall–Kier alpha value is -1.99. The summed E-state index contributed by atoms with van der Waals surface area (Å²) in [5.74, 6) is 5.34. The molecule has 0 aliphatic carbocycles. The van der Waals surface area contributed by atoms with Crippen molar-refractivity contribution >= 4 is 11.8 Å². The van der Waals surface area contributed by atoms with Crippen LogP contribution in [0, 0.1) is 18.8 Å². The van der Waals surface area contributed by atoms with Gasteiger partial charge in [-0.15, -0.1) is 0 Å². The van der Waals surface area contributed by atoms with Crippen LogP contribution in [0.2, 0.25) is 0 Å². The maximum absolute atomic E-state index is 11.5. The molecular formula is C14H17NO3. The zero-order chi connectivity index (χ0) is 13.5. The van der Waals surface area contributed by atoms with Crippen molar-refractivity contribution in [2.45, 2.75) is 26.9 Å². The van der Waals surface area contributed by atoms with E-state index in [0.717, 1.165) is 11.1 Å². The molecule has 1 amide bonds. The molecule has 1 aromatic rings. The second kappa shape index (κ2) is 6.67. The predicted molar refractivity (Wildman–Crippen MR) is 70.4 cm³/mol. The van der Waals surface area contributed by atoms with Crippen LogP contribution in [-0.4, -0.2) is 23.9 Å². The number of ether oxygens (including phenoxy) is 1. The van der Waals surface area contributed by atoms with Gasteiger partial charge in [0.15, 0.2) is 0 Å². The molecule has 0 atom stereocenters. The number of benzene rings is 1. The summed E-state index contributed by atoms with van der Waals surface area (Å²) >= 11 is 0. The van der Waals surface area contributed by atoms with Crippen LogP contribution >= 0.6 is 0 Å². The Morgan fingerprint density at radius 2 is 2.22 bits per heavy atom. The number of aliphatic hydroxyl groups is 1. The molecule has 4 nitrogen and oxygen atoms in total. The monoisotopic (exact) mass is 247 g/mol. The summed E-state index contributed by atoms with van der Waals surface area (Å²) in [5.41, 5.74) is 2.31. The number of rotatable bonds is 2. The van der Waals surface area contributed by atoms with E-state index in [1.165, 1.54) is 0 Å². The molecule has 1 rings (SSSR count). The lowest BCUT2D eigenvalue weighted by molar-refractivity contribution is 0.130. The molecule has 4 heteroatoms. The van der Waals surface area contributed by atoms with Gasteiger partial charge >= 0.3 is 6.09 Å². The summed E-state index contributed by atoms with van der Waals surface area (Å²) in [6.45, 7) is 5.27. The fraction of sp³-hybridized carbons (Fsp3) is 0.357. The zero-order valence-corrected chi connectivity index (χ0v) is 10.8. The van der Waals surface area contributed by atoms with Crippen molar-refractivity contribution in [2.75, 3.05) is 11.9 Å². The fourth-order valence-electron chi connectivity index (χ4n) is 1.33. The summed E-state index contributed by atoms with van der Waals surface area (Å²) in [7, 11) is 0. The Balaban J connectivity index is 2.84. The van der Waals surface area contributed by atoms with Crippen molar-refractivity contribution in [1.82, 2.24) is 0 Å². The van der Waals surface area contributed by atoms with Gasteiger partial charge in [-0.1, -0.05) is 17.9 Å². The van der Waals surface area contributed by atoms with Crippen LogP contribution in [0.15, 0.2) is 18.2 Å². The van der Waals surface area contributed by atoms with Crippen molar-refractivity contribution in [3.8, 4) is 11.8 Å². The first-order valence-electron chi connectivity index (χ1n) is 5.71. The molecule has 0 aromatic heterocycles. The molecule has 0 saturated heterocycles. The molecule has 96 valence electrons. The third-order valence-electron chi connectivity index (χ3n) is 2.13. The van der Waals surface area contributed by atoms with Gasteiger partial charge in [0.1, 0.15) is 6.61 Å². The lowest BCUT2D eigenvalue weighted by Gasteiger charge is -2.11. The Kier molecular flexibility index (Phi) is 5.22. The molecule has 0 saturated carbocycles. The molecule has 18 heavy (non-hydrogen) atoms. The Morgan fingerprint density at radius 1 is 1.50 bits per heavy atom. The molecule has 0 aliphatic heterocycles. The highest BCUT2D eigenvalue weighted by Gasteiger charge is 2.07. The zero-order valence-electron chi connectivity index (χ0n) is 10.8. The summed E-state index contributed by atoms with van der Waals surface area (Å²) in [6.07, 6.45) is -0.650. The van der Waals surface area contributed by atoms with Gasteiger partial charge in [-0.2, -0.15) is 0 Å². The topological polar surface area (TPSA) is 58.6 Å². The molecule has 2 N–H and O–H groups in total. The third kappa shape index (κ3) is 4.48. The van der Waals surface area contributed by atoms with Gasteiger partial charge in [-0.3, -0.25) is 5.32 Å². The van der Waals surface area contributed by atoms with Crippen LogP contribution in [-0.2, 0) is 4.74 Å². The van der Waals surface area contributed by atoms with Crippen LogP contribution < -0.4 is 5.32 Å². The normalized spacial score (nSPS) is 9.61. The first kappa shape index (κ1) is 14.1. The number of hydrogen-bond donors (Lipinski definition) is 2. The maximum atomic E-state index is 11.5. The molecule has 0 unspecified atom stereocenters. The van der Waals surface area contributed by atoms with Crippen molar-refractivity contribution in [2.24, 2.45) is 0 Å². The molecular weight excluding hydrogens is 230 g/mol. The average Bonchev–Trinajstić information content (AvgIpc) is 2.29. The van der Waals surface area contributed by atoms with Gasteiger partial charge in [0.2, 0.25) is 0 Å². The van der Waals surface area contributed by atoms with E-state index in [9.17, 15) is 4.79 Å². The number of anilines is 1. The van der Waals surface area contributed by atoms with E-state index in [0.29, 0.717) is 5.69 Å². The lowest BCUT2D eigenvalue weighted by atomic mass is 10.1. The van der Waals surface area contributed by atoms with E-state index in [2.05, 4.69) is 17.2 Å². The van der Waals surface area contributed by atoms with E-state index in [1.807, 2.05) is 19.1 Å². The first-order chi connectivity index (χ1) is 8.52. The Morgan fingerprint density at radius 3 is 2.83 bits per heavy atom. The smallest absolute Gasteiger partial charge is 0.411 e. The number of aliphatic hydroxyl groups excluding tert-OH is 1. The highest BCUT2D eigenvalue weighted by Crippen LogP contribution is 2.16. The minimum Gasteiger partial charge on any atom is -0.447 e. The van der Waals surface area contributed by atoms with Crippen LogP contribution in [0.3, 0.4) is 0 Å². The molecule has 1 aromatic carbocycles. The van der Waals surface area contributed by atoms with Crippen LogP contribution in [0.1, 0.15) is 25.0 Å². The average molecular weight is 247 g/mol. The second-order valence-electron chi connectivity index (χ2n) is 4.07. The van der Waals surface area contributed by atoms with Crippen LogP contribution in [0.4, 0.5) is 10.5 Å². The van der Waals surface area contributed by atoms with Crippen molar-refractivity contribution in [3.05, 3.63) is 29.3 Å². The molecule has 0 heterocycles. The Bertz CT molecular complexity index is 484. The lowest BCUT2D eigenvalue weighted by Crippen LogP contribution is -2.18.